The molecule has 2 rings (SSSR count). The smallest absolute Gasteiger partial charge is 0.305 e. The van der Waals surface area contributed by atoms with E-state index in [4.69, 9.17) is 0 Å². The van der Waals surface area contributed by atoms with Gasteiger partial charge in [-0.2, -0.15) is 9.78 Å². The van der Waals surface area contributed by atoms with Gasteiger partial charge in [-0.3, -0.25) is 9.59 Å². The molecule has 0 fully saturated rings. The van der Waals surface area contributed by atoms with Crippen LogP contribution in [0.25, 0.3) is 0 Å². The van der Waals surface area contributed by atoms with Gasteiger partial charge < -0.3 is 4.74 Å². The maximum atomic E-state index is 12.0. The van der Waals surface area contributed by atoms with Gasteiger partial charge in [0.1, 0.15) is 5.69 Å². The van der Waals surface area contributed by atoms with Gasteiger partial charge in [0.25, 0.3) is 5.56 Å². The van der Waals surface area contributed by atoms with E-state index in [9.17, 15) is 9.59 Å². The van der Waals surface area contributed by atoms with Gasteiger partial charge in [-0.15, -0.1) is 10.2 Å². The Morgan fingerprint density at radius 3 is 3.06 bits per heavy atom. The zero-order chi connectivity index (χ0) is 13.1. The van der Waals surface area contributed by atoms with Crippen molar-refractivity contribution in [1.82, 2.24) is 14.9 Å². The van der Waals surface area contributed by atoms with Crippen LogP contribution in [0.2, 0.25) is 0 Å². The summed E-state index contributed by atoms with van der Waals surface area (Å²) in [6, 6.07) is 0. The Morgan fingerprint density at radius 1 is 1.56 bits per heavy atom. The van der Waals surface area contributed by atoms with E-state index in [-0.39, 0.29) is 35.3 Å². The highest BCUT2D eigenvalue weighted by atomic mass is 32.2. The first kappa shape index (κ1) is 12.7. The second-order valence-electron chi connectivity index (χ2n) is 3.71. The lowest BCUT2D eigenvalue weighted by Gasteiger charge is -2.13. The third-order valence-corrected chi connectivity index (χ3v) is 3.31. The lowest BCUT2D eigenvalue weighted by Crippen LogP contribution is -2.29. The number of hydrogen-bond acceptors (Lipinski definition) is 7. The van der Waals surface area contributed by atoms with Gasteiger partial charge >= 0.3 is 5.97 Å². The summed E-state index contributed by atoms with van der Waals surface area (Å²) in [6.45, 7) is 1.95. The average molecular weight is 268 g/mol. The quantitative estimate of drug-likeness (QED) is 0.721. The molecular formula is C10H12N4O3S. The number of ether oxygens (including phenoxy) is 1. The minimum atomic E-state index is -0.384. The van der Waals surface area contributed by atoms with Crippen molar-refractivity contribution in [1.29, 1.82) is 0 Å². The number of carbonyl (C=O) groups is 1. The number of carbonyl (C=O) groups excluding carboxylic acids is 1. The highest BCUT2D eigenvalue weighted by Gasteiger charge is 2.18. The van der Waals surface area contributed by atoms with Crippen LogP contribution in [-0.2, 0) is 16.0 Å². The maximum absolute atomic E-state index is 12.0. The summed E-state index contributed by atoms with van der Waals surface area (Å²) in [5.41, 5.74) is -0.115. The Kier molecular flexibility index (Phi) is 3.75. The van der Waals surface area contributed by atoms with Crippen LogP contribution in [0.15, 0.2) is 15.1 Å². The Labute approximate surface area is 107 Å². The van der Waals surface area contributed by atoms with Crippen LogP contribution in [-0.4, -0.2) is 39.4 Å². The van der Waals surface area contributed by atoms with E-state index < -0.39 is 0 Å². The zero-order valence-corrected chi connectivity index (χ0v) is 10.8. The standard InChI is InChI=1S/C10H12N4O3S/c1-6-5-11-14-9(16)7(3-4-8(15)17-2)12-13-10(14)18-6/h5-6H,3-4H2,1-2H3. The third-order valence-electron chi connectivity index (χ3n) is 2.35. The number of rotatable bonds is 3. The summed E-state index contributed by atoms with van der Waals surface area (Å²) in [4.78, 5) is 23.0. The topological polar surface area (TPSA) is 86.4 Å². The van der Waals surface area contributed by atoms with Crippen LogP contribution in [0.1, 0.15) is 19.0 Å². The number of fused-ring (bicyclic) bond motifs is 1. The fourth-order valence-electron chi connectivity index (χ4n) is 1.41. The lowest BCUT2D eigenvalue weighted by atomic mass is 10.2. The van der Waals surface area contributed by atoms with Crippen LogP contribution in [0, 0.1) is 0 Å². The number of nitrogens with zero attached hydrogens (tertiary/aromatic N) is 4. The number of hydrogen-bond donors (Lipinski definition) is 0. The van der Waals surface area contributed by atoms with E-state index in [2.05, 4.69) is 20.0 Å². The molecule has 0 saturated carbocycles. The van der Waals surface area contributed by atoms with Crippen molar-refractivity contribution in [2.45, 2.75) is 30.2 Å². The van der Waals surface area contributed by atoms with Gasteiger partial charge in [0.05, 0.1) is 13.5 Å². The van der Waals surface area contributed by atoms with Crippen LogP contribution in [0.5, 0.6) is 0 Å². The van der Waals surface area contributed by atoms with Crippen molar-refractivity contribution in [3.05, 3.63) is 16.0 Å². The molecule has 1 atom stereocenters. The van der Waals surface area contributed by atoms with Crippen LogP contribution in [0.4, 0.5) is 0 Å². The van der Waals surface area contributed by atoms with Crippen LogP contribution < -0.4 is 5.56 Å². The van der Waals surface area contributed by atoms with Gasteiger partial charge in [0, 0.05) is 17.9 Å². The first-order valence-electron chi connectivity index (χ1n) is 5.38. The molecule has 1 aromatic rings. The monoisotopic (exact) mass is 268 g/mol. The number of esters is 1. The largest absolute Gasteiger partial charge is 0.469 e. The van der Waals surface area contributed by atoms with E-state index in [1.54, 1.807) is 6.21 Å². The predicted octanol–water partition coefficient (Wildman–Crippen LogP) is 0.0720. The fraction of sp³-hybridized carbons (Fsp3) is 0.500. The highest BCUT2D eigenvalue weighted by Crippen LogP contribution is 2.21. The van der Waals surface area contributed by atoms with Crippen molar-refractivity contribution in [3.8, 4) is 0 Å². The van der Waals surface area contributed by atoms with Gasteiger partial charge in [-0.05, 0) is 6.92 Å². The third kappa shape index (κ3) is 2.58. The van der Waals surface area contributed by atoms with Crippen molar-refractivity contribution < 1.29 is 9.53 Å². The molecule has 0 amide bonds. The molecule has 7 nitrogen and oxygen atoms in total. The molecule has 2 heterocycles. The Bertz CT molecular complexity index is 555. The molecule has 1 unspecified atom stereocenters. The Hall–Kier alpha value is -1.70. The van der Waals surface area contributed by atoms with E-state index in [0.717, 1.165) is 0 Å². The van der Waals surface area contributed by atoms with Crippen molar-refractivity contribution in [2.75, 3.05) is 7.11 Å². The Balaban J connectivity index is 2.24. The number of thioether (sulfide) groups is 1. The SMILES string of the molecule is COC(=O)CCc1nnc2n(c1=O)N=CC(C)S2. The normalized spacial score (nSPS) is 17.3. The summed E-state index contributed by atoms with van der Waals surface area (Å²) in [6.07, 6.45) is 1.98. The summed E-state index contributed by atoms with van der Waals surface area (Å²) < 4.78 is 5.72. The van der Waals surface area contributed by atoms with Crippen molar-refractivity contribution in [3.63, 3.8) is 0 Å². The molecule has 96 valence electrons. The summed E-state index contributed by atoms with van der Waals surface area (Å²) >= 11 is 1.41. The molecule has 1 aliphatic rings. The number of aryl methyl sites for hydroxylation is 1. The summed E-state index contributed by atoms with van der Waals surface area (Å²) in [7, 11) is 1.30. The minimum Gasteiger partial charge on any atom is -0.469 e. The lowest BCUT2D eigenvalue weighted by molar-refractivity contribution is -0.140. The molecule has 8 heteroatoms. The van der Waals surface area contributed by atoms with E-state index >= 15 is 0 Å². The maximum Gasteiger partial charge on any atom is 0.305 e. The van der Waals surface area contributed by atoms with Gasteiger partial charge in [0.15, 0.2) is 0 Å². The minimum absolute atomic E-state index is 0.104. The molecule has 0 spiro atoms. The molecule has 0 N–H and O–H groups in total. The van der Waals surface area contributed by atoms with Gasteiger partial charge in [0.2, 0.25) is 5.16 Å². The van der Waals surface area contributed by atoms with E-state index in [0.29, 0.717) is 5.16 Å². The molecule has 0 bridgehead atoms. The molecule has 1 aliphatic heterocycles. The van der Waals surface area contributed by atoms with Crippen LogP contribution in [0.3, 0.4) is 0 Å². The molecule has 0 aromatic carbocycles. The average Bonchev–Trinajstić information content (AvgIpc) is 2.37. The molecule has 0 aliphatic carbocycles. The molecule has 0 radical (unpaired) electrons. The van der Waals surface area contributed by atoms with Crippen molar-refractivity contribution >= 4 is 23.9 Å². The van der Waals surface area contributed by atoms with Gasteiger partial charge in [-0.25, -0.2) is 0 Å². The summed E-state index contributed by atoms with van der Waals surface area (Å²) in [5.74, 6) is -0.384. The second kappa shape index (κ2) is 5.30. The highest BCUT2D eigenvalue weighted by molar-refractivity contribution is 8.00. The predicted molar refractivity (Wildman–Crippen MR) is 65.8 cm³/mol. The number of aromatic nitrogens is 3. The van der Waals surface area contributed by atoms with Crippen LogP contribution >= 0.6 is 11.8 Å². The second-order valence-corrected chi connectivity index (χ2v) is 5.05. The van der Waals surface area contributed by atoms with Crippen molar-refractivity contribution in [2.24, 2.45) is 5.10 Å². The molecule has 1 aromatic heterocycles. The summed E-state index contributed by atoms with van der Waals surface area (Å²) in [5, 5.41) is 12.4. The van der Waals surface area contributed by atoms with E-state index in [1.165, 1.54) is 23.5 Å². The van der Waals surface area contributed by atoms with Gasteiger partial charge in [-0.1, -0.05) is 11.8 Å². The first-order valence-corrected chi connectivity index (χ1v) is 6.26. The fourth-order valence-corrected chi connectivity index (χ4v) is 2.18. The molecule has 0 saturated heterocycles. The Morgan fingerprint density at radius 2 is 2.33 bits per heavy atom. The van der Waals surface area contributed by atoms with E-state index in [1.807, 2.05) is 6.92 Å². The zero-order valence-electron chi connectivity index (χ0n) is 9.99. The molecule has 18 heavy (non-hydrogen) atoms. The molecular weight excluding hydrogens is 256 g/mol. The first-order chi connectivity index (χ1) is 8.61. The number of methoxy groups -OCH3 is 1.